The van der Waals surface area contributed by atoms with Crippen molar-refractivity contribution in [1.82, 2.24) is 4.90 Å². The highest BCUT2D eigenvalue weighted by molar-refractivity contribution is 9.10. The molecule has 6 heteroatoms. The molecule has 0 bridgehead atoms. The zero-order valence-electron chi connectivity index (χ0n) is 14.5. The van der Waals surface area contributed by atoms with Gasteiger partial charge in [0.1, 0.15) is 5.75 Å². The van der Waals surface area contributed by atoms with E-state index in [1.807, 2.05) is 18.2 Å². The molecule has 1 N–H and O–H groups in total. The van der Waals surface area contributed by atoms with Crippen LogP contribution in [0.4, 0.5) is 11.4 Å². The lowest BCUT2D eigenvalue weighted by molar-refractivity contribution is 0.102. The standard InChI is InChI=1S/C19H22BrN3O2/c1-22-9-11-23(12-10-22)17-6-4-3-5-16(17)21-19(24)14-7-8-18(25-2)15(20)13-14/h3-8,13H,9-12H2,1-2H3,(H,21,24). The number of piperazine rings is 1. The number of para-hydroxylation sites is 2. The second-order valence-electron chi connectivity index (χ2n) is 6.11. The Morgan fingerprint density at radius 3 is 2.52 bits per heavy atom. The molecule has 3 rings (SSSR count). The molecule has 0 unspecified atom stereocenters. The second-order valence-corrected chi connectivity index (χ2v) is 6.97. The Morgan fingerprint density at radius 1 is 1.12 bits per heavy atom. The number of rotatable bonds is 4. The third kappa shape index (κ3) is 4.14. The molecule has 1 heterocycles. The molecule has 1 aliphatic rings. The lowest BCUT2D eigenvalue weighted by atomic mass is 10.1. The van der Waals surface area contributed by atoms with Crippen LogP contribution in [0.5, 0.6) is 5.75 Å². The highest BCUT2D eigenvalue weighted by Crippen LogP contribution is 2.29. The number of nitrogens with one attached hydrogen (secondary N) is 1. The number of anilines is 2. The number of hydrogen-bond acceptors (Lipinski definition) is 4. The van der Waals surface area contributed by atoms with Crippen LogP contribution in [-0.4, -0.2) is 51.1 Å². The van der Waals surface area contributed by atoms with Crippen LogP contribution in [0.1, 0.15) is 10.4 Å². The predicted octanol–water partition coefficient (Wildman–Crippen LogP) is 3.46. The first-order valence-corrected chi connectivity index (χ1v) is 9.05. The molecule has 0 spiro atoms. The highest BCUT2D eigenvalue weighted by atomic mass is 79.9. The maximum absolute atomic E-state index is 12.7. The minimum Gasteiger partial charge on any atom is -0.496 e. The topological polar surface area (TPSA) is 44.8 Å². The van der Waals surface area contributed by atoms with Gasteiger partial charge in [0.25, 0.3) is 5.91 Å². The van der Waals surface area contributed by atoms with E-state index in [1.54, 1.807) is 25.3 Å². The molecular formula is C19H22BrN3O2. The van der Waals surface area contributed by atoms with Gasteiger partial charge in [-0.1, -0.05) is 12.1 Å². The average molecular weight is 404 g/mol. The van der Waals surface area contributed by atoms with Crippen molar-refractivity contribution in [2.75, 3.05) is 50.6 Å². The van der Waals surface area contributed by atoms with Gasteiger partial charge >= 0.3 is 0 Å². The first-order valence-electron chi connectivity index (χ1n) is 8.26. The normalized spacial score (nSPS) is 15.1. The van der Waals surface area contributed by atoms with E-state index in [2.05, 4.69) is 44.2 Å². The van der Waals surface area contributed by atoms with Crippen LogP contribution in [0, 0.1) is 0 Å². The summed E-state index contributed by atoms with van der Waals surface area (Å²) in [4.78, 5) is 17.3. The molecule has 0 atom stereocenters. The summed E-state index contributed by atoms with van der Waals surface area (Å²) < 4.78 is 5.98. The smallest absolute Gasteiger partial charge is 0.255 e. The van der Waals surface area contributed by atoms with Gasteiger partial charge in [-0.05, 0) is 53.3 Å². The Labute approximate surface area is 156 Å². The summed E-state index contributed by atoms with van der Waals surface area (Å²) in [6.45, 7) is 3.95. The number of likely N-dealkylation sites (N-methyl/N-ethyl adjacent to an activating group) is 1. The van der Waals surface area contributed by atoms with Crippen LogP contribution in [0.3, 0.4) is 0 Å². The number of benzene rings is 2. The van der Waals surface area contributed by atoms with E-state index in [-0.39, 0.29) is 5.91 Å². The summed E-state index contributed by atoms with van der Waals surface area (Å²) >= 11 is 3.43. The molecule has 2 aromatic rings. The number of carbonyl (C=O) groups is 1. The monoisotopic (exact) mass is 403 g/mol. The van der Waals surface area contributed by atoms with Crippen molar-refractivity contribution in [2.24, 2.45) is 0 Å². The van der Waals surface area contributed by atoms with Crippen LogP contribution in [0.15, 0.2) is 46.9 Å². The van der Waals surface area contributed by atoms with Crippen molar-refractivity contribution in [3.63, 3.8) is 0 Å². The first-order chi connectivity index (χ1) is 12.1. The largest absolute Gasteiger partial charge is 0.496 e. The second kappa shape index (κ2) is 7.89. The van der Waals surface area contributed by atoms with Crippen molar-refractivity contribution in [3.05, 3.63) is 52.5 Å². The molecule has 25 heavy (non-hydrogen) atoms. The Hall–Kier alpha value is -2.05. The summed E-state index contributed by atoms with van der Waals surface area (Å²) in [7, 11) is 3.73. The molecule has 0 aromatic heterocycles. The predicted molar refractivity (Wildman–Crippen MR) is 105 cm³/mol. The quantitative estimate of drug-likeness (QED) is 0.848. The molecule has 0 radical (unpaired) electrons. The molecule has 1 amide bonds. The van der Waals surface area contributed by atoms with E-state index in [1.165, 1.54) is 0 Å². The van der Waals surface area contributed by atoms with Gasteiger partial charge in [0.15, 0.2) is 0 Å². The van der Waals surface area contributed by atoms with Gasteiger partial charge in [-0.3, -0.25) is 4.79 Å². The van der Waals surface area contributed by atoms with Crippen molar-refractivity contribution < 1.29 is 9.53 Å². The third-order valence-corrected chi connectivity index (χ3v) is 5.03. The minimum absolute atomic E-state index is 0.134. The number of nitrogens with zero attached hydrogens (tertiary/aromatic N) is 2. The van der Waals surface area contributed by atoms with Crippen molar-refractivity contribution in [2.45, 2.75) is 0 Å². The summed E-state index contributed by atoms with van der Waals surface area (Å²) in [6, 6.07) is 13.3. The highest BCUT2D eigenvalue weighted by Gasteiger charge is 2.18. The van der Waals surface area contributed by atoms with E-state index in [0.29, 0.717) is 11.3 Å². The minimum atomic E-state index is -0.134. The van der Waals surface area contributed by atoms with Crippen LogP contribution < -0.4 is 15.0 Å². The molecule has 1 fully saturated rings. The fraction of sp³-hybridized carbons (Fsp3) is 0.316. The lowest BCUT2D eigenvalue weighted by Crippen LogP contribution is -2.44. The first kappa shape index (κ1) is 17.8. The van der Waals surface area contributed by atoms with Gasteiger partial charge in [-0.2, -0.15) is 0 Å². The summed E-state index contributed by atoms with van der Waals surface area (Å²) in [5.74, 6) is 0.569. The van der Waals surface area contributed by atoms with Crippen molar-refractivity contribution in [3.8, 4) is 5.75 Å². The Morgan fingerprint density at radius 2 is 1.84 bits per heavy atom. The SMILES string of the molecule is COc1ccc(C(=O)Nc2ccccc2N2CCN(C)CC2)cc1Br. The van der Waals surface area contributed by atoms with E-state index >= 15 is 0 Å². The molecule has 5 nitrogen and oxygen atoms in total. The van der Waals surface area contributed by atoms with Crippen LogP contribution in [0.25, 0.3) is 0 Å². The van der Waals surface area contributed by atoms with Crippen LogP contribution >= 0.6 is 15.9 Å². The summed E-state index contributed by atoms with van der Waals surface area (Å²) in [5, 5.41) is 3.04. The number of halogens is 1. The van der Waals surface area contributed by atoms with Gasteiger partial charge in [-0.25, -0.2) is 0 Å². The zero-order chi connectivity index (χ0) is 17.8. The molecule has 1 aliphatic heterocycles. The van der Waals surface area contributed by atoms with Crippen molar-refractivity contribution in [1.29, 1.82) is 0 Å². The Kier molecular flexibility index (Phi) is 5.60. The molecule has 1 saturated heterocycles. The fourth-order valence-corrected chi connectivity index (χ4v) is 3.45. The molecule has 132 valence electrons. The van der Waals surface area contributed by atoms with Gasteiger partial charge in [-0.15, -0.1) is 0 Å². The molecular weight excluding hydrogens is 382 g/mol. The summed E-state index contributed by atoms with van der Waals surface area (Å²) in [5.41, 5.74) is 2.49. The molecule has 0 aliphatic carbocycles. The maximum atomic E-state index is 12.7. The number of methoxy groups -OCH3 is 1. The molecule has 2 aromatic carbocycles. The third-order valence-electron chi connectivity index (χ3n) is 4.41. The van der Waals surface area contributed by atoms with Crippen molar-refractivity contribution >= 4 is 33.2 Å². The van der Waals surface area contributed by atoms with E-state index < -0.39 is 0 Å². The number of carbonyl (C=O) groups excluding carboxylic acids is 1. The Bertz CT molecular complexity index is 758. The fourth-order valence-electron chi connectivity index (χ4n) is 2.90. The number of amides is 1. The van der Waals surface area contributed by atoms with Gasteiger partial charge in [0, 0.05) is 31.7 Å². The van der Waals surface area contributed by atoms with E-state index in [9.17, 15) is 4.79 Å². The molecule has 0 saturated carbocycles. The van der Waals surface area contributed by atoms with E-state index in [0.717, 1.165) is 42.0 Å². The van der Waals surface area contributed by atoms with Crippen LogP contribution in [0.2, 0.25) is 0 Å². The van der Waals surface area contributed by atoms with Gasteiger partial charge in [0.05, 0.1) is 23.0 Å². The lowest BCUT2D eigenvalue weighted by Gasteiger charge is -2.35. The average Bonchev–Trinajstić information content (AvgIpc) is 2.63. The number of hydrogen-bond donors (Lipinski definition) is 1. The summed E-state index contributed by atoms with van der Waals surface area (Å²) in [6.07, 6.45) is 0. The Balaban J connectivity index is 1.79. The van der Waals surface area contributed by atoms with Gasteiger partial charge < -0.3 is 19.9 Å². The number of ether oxygens (including phenoxy) is 1. The van der Waals surface area contributed by atoms with Gasteiger partial charge in [0.2, 0.25) is 0 Å². The van der Waals surface area contributed by atoms with E-state index in [4.69, 9.17) is 4.74 Å². The zero-order valence-corrected chi connectivity index (χ0v) is 16.0. The maximum Gasteiger partial charge on any atom is 0.255 e. The van der Waals surface area contributed by atoms with Crippen LogP contribution in [-0.2, 0) is 0 Å².